The summed E-state index contributed by atoms with van der Waals surface area (Å²) in [6, 6.07) is 8.73. The first-order valence-electron chi connectivity index (χ1n) is 6.71. The van der Waals surface area contributed by atoms with Gasteiger partial charge in [0.2, 0.25) is 0 Å². The highest BCUT2D eigenvalue weighted by Crippen LogP contribution is 2.39. The number of hydrogen-bond donors (Lipinski definition) is 1. The van der Waals surface area contributed by atoms with Crippen LogP contribution in [-0.4, -0.2) is 19.1 Å². The van der Waals surface area contributed by atoms with Gasteiger partial charge in [-0.1, -0.05) is 24.3 Å². The molecule has 1 aromatic rings. The van der Waals surface area contributed by atoms with Crippen LogP contribution >= 0.6 is 0 Å². The molecule has 1 fully saturated rings. The molecule has 0 heterocycles. The van der Waals surface area contributed by atoms with E-state index < -0.39 is 5.54 Å². The minimum Gasteiger partial charge on any atom is -0.467 e. The molecule has 3 nitrogen and oxygen atoms in total. The van der Waals surface area contributed by atoms with Crippen molar-refractivity contribution in [1.29, 1.82) is 0 Å². The van der Waals surface area contributed by atoms with Crippen molar-refractivity contribution in [2.24, 2.45) is 0 Å². The first-order valence-corrected chi connectivity index (χ1v) is 6.71. The van der Waals surface area contributed by atoms with Crippen LogP contribution < -0.4 is 5.32 Å². The van der Waals surface area contributed by atoms with Gasteiger partial charge in [0, 0.05) is 6.04 Å². The van der Waals surface area contributed by atoms with Crippen molar-refractivity contribution in [3.05, 3.63) is 35.4 Å². The molecule has 1 N–H and O–H groups in total. The summed E-state index contributed by atoms with van der Waals surface area (Å²) in [6.45, 7) is 0. The third-order valence-electron chi connectivity index (χ3n) is 4.04. The summed E-state index contributed by atoms with van der Waals surface area (Å²) in [7, 11) is 1.48. The van der Waals surface area contributed by atoms with Gasteiger partial charge in [0.1, 0.15) is 5.54 Å². The Morgan fingerprint density at radius 1 is 1.39 bits per heavy atom. The van der Waals surface area contributed by atoms with E-state index in [9.17, 15) is 4.79 Å². The van der Waals surface area contributed by atoms with Crippen LogP contribution in [0.1, 0.15) is 36.8 Å². The van der Waals surface area contributed by atoms with E-state index in [4.69, 9.17) is 4.74 Å². The Kier molecular flexibility index (Phi) is 2.86. The maximum absolute atomic E-state index is 12.3. The van der Waals surface area contributed by atoms with Crippen molar-refractivity contribution < 1.29 is 9.53 Å². The van der Waals surface area contributed by atoms with Crippen LogP contribution in [0.4, 0.5) is 0 Å². The van der Waals surface area contributed by atoms with Crippen LogP contribution in [0.25, 0.3) is 0 Å². The monoisotopic (exact) mass is 245 g/mol. The van der Waals surface area contributed by atoms with Crippen molar-refractivity contribution in [3.63, 3.8) is 0 Å². The molecule has 3 rings (SSSR count). The topological polar surface area (TPSA) is 38.3 Å². The lowest BCUT2D eigenvalue weighted by Crippen LogP contribution is -2.52. The zero-order valence-electron chi connectivity index (χ0n) is 10.7. The molecule has 0 aliphatic heterocycles. The fraction of sp³-hybridized carbons (Fsp3) is 0.533. The van der Waals surface area contributed by atoms with Gasteiger partial charge in [-0.25, -0.2) is 4.79 Å². The highest BCUT2D eigenvalue weighted by atomic mass is 16.5. The molecular weight excluding hydrogens is 226 g/mol. The van der Waals surface area contributed by atoms with Crippen LogP contribution in [0.15, 0.2) is 24.3 Å². The Hall–Kier alpha value is -1.35. The van der Waals surface area contributed by atoms with Gasteiger partial charge in [-0.2, -0.15) is 0 Å². The van der Waals surface area contributed by atoms with Crippen molar-refractivity contribution in [2.45, 2.75) is 43.7 Å². The molecule has 96 valence electrons. The highest BCUT2D eigenvalue weighted by molar-refractivity contribution is 5.83. The quantitative estimate of drug-likeness (QED) is 0.829. The predicted molar refractivity (Wildman–Crippen MR) is 69.2 cm³/mol. The zero-order valence-corrected chi connectivity index (χ0v) is 10.7. The molecular formula is C15H19NO2. The summed E-state index contributed by atoms with van der Waals surface area (Å²) in [5.41, 5.74) is 1.79. The van der Waals surface area contributed by atoms with E-state index in [0.717, 1.165) is 24.8 Å². The van der Waals surface area contributed by atoms with Crippen molar-refractivity contribution in [3.8, 4) is 0 Å². The molecule has 0 aromatic heterocycles. The lowest BCUT2D eigenvalue weighted by molar-refractivity contribution is -0.150. The van der Waals surface area contributed by atoms with Gasteiger partial charge in [-0.15, -0.1) is 0 Å². The van der Waals surface area contributed by atoms with Gasteiger partial charge in [0.05, 0.1) is 7.11 Å². The van der Waals surface area contributed by atoms with Crippen molar-refractivity contribution in [2.75, 3.05) is 7.11 Å². The smallest absolute Gasteiger partial charge is 0.330 e. The molecule has 2 aliphatic carbocycles. The van der Waals surface area contributed by atoms with Gasteiger partial charge in [0.25, 0.3) is 0 Å². The van der Waals surface area contributed by atoms with Crippen LogP contribution in [0, 0.1) is 0 Å². The minimum atomic E-state index is -0.606. The van der Waals surface area contributed by atoms with Gasteiger partial charge >= 0.3 is 5.97 Å². The zero-order chi connectivity index (χ0) is 12.6. The van der Waals surface area contributed by atoms with Crippen LogP contribution in [0.2, 0.25) is 0 Å². The van der Waals surface area contributed by atoms with E-state index >= 15 is 0 Å². The molecule has 0 radical (unpaired) electrons. The fourth-order valence-electron chi connectivity index (χ4n) is 3.00. The number of fused-ring (bicyclic) bond motifs is 1. The Bertz CT molecular complexity index is 467. The third-order valence-corrected chi connectivity index (χ3v) is 4.04. The summed E-state index contributed by atoms with van der Waals surface area (Å²) < 4.78 is 5.08. The molecule has 0 amide bonds. The second-order valence-corrected chi connectivity index (χ2v) is 5.33. The number of benzene rings is 1. The number of rotatable bonds is 3. The molecule has 3 heteroatoms. The van der Waals surface area contributed by atoms with E-state index in [-0.39, 0.29) is 5.97 Å². The van der Waals surface area contributed by atoms with Crippen molar-refractivity contribution in [1.82, 2.24) is 5.32 Å². The number of methoxy groups -OCH3 is 1. The molecule has 1 saturated carbocycles. The number of carbonyl (C=O) groups is 1. The summed E-state index contributed by atoms with van der Waals surface area (Å²) in [4.78, 5) is 12.3. The Balaban J connectivity index is 2.05. The molecule has 1 atom stereocenters. The second-order valence-electron chi connectivity index (χ2n) is 5.33. The van der Waals surface area contributed by atoms with E-state index in [2.05, 4.69) is 17.4 Å². The number of hydrogen-bond acceptors (Lipinski definition) is 3. The average Bonchev–Trinajstić information content (AvgIpc) is 3.22. The van der Waals surface area contributed by atoms with Gasteiger partial charge in [0.15, 0.2) is 0 Å². The van der Waals surface area contributed by atoms with Crippen LogP contribution in [-0.2, 0) is 21.5 Å². The second kappa shape index (κ2) is 4.39. The van der Waals surface area contributed by atoms with Gasteiger partial charge in [-0.05, 0) is 43.2 Å². The molecule has 2 aliphatic rings. The number of carbonyl (C=O) groups excluding carboxylic acids is 1. The lowest BCUT2D eigenvalue weighted by Gasteiger charge is -2.37. The predicted octanol–water partition coefficient (Wildman–Crippen LogP) is 2.14. The van der Waals surface area contributed by atoms with E-state index in [1.54, 1.807) is 0 Å². The van der Waals surface area contributed by atoms with E-state index in [0.29, 0.717) is 6.04 Å². The Morgan fingerprint density at radius 2 is 2.17 bits per heavy atom. The SMILES string of the molecule is COC(=O)C1(NC2CC2)CCCc2ccccc21. The number of aryl methyl sites for hydroxylation is 1. The molecule has 0 spiro atoms. The standard InChI is InChI=1S/C15H19NO2/c1-18-14(17)15(16-12-8-9-12)10-4-6-11-5-2-3-7-13(11)15/h2-3,5,7,12,16H,4,6,8-10H2,1H3. The van der Waals surface area contributed by atoms with Crippen LogP contribution in [0.3, 0.4) is 0 Å². The van der Waals surface area contributed by atoms with Gasteiger partial charge < -0.3 is 4.74 Å². The Labute approximate surface area is 108 Å². The molecule has 0 saturated heterocycles. The Morgan fingerprint density at radius 3 is 2.89 bits per heavy atom. The van der Waals surface area contributed by atoms with Crippen molar-refractivity contribution >= 4 is 5.97 Å². The first-order chi connectivity index (χ1) is 8.76. The molecule has 1 unspecified atom stereocenters. The summed E-state index contributed by atoms with van der Waals surface area (Å²) >= 11 is 0. The fourth-order valence-corrected chi connectivity index (χ4v) is 3.00. The molecule has 18 heavy (non-hydrogen) atoms. The minimum absolute atomic E-state index is 0.137. The average molecular weight is 245 g/mol. The third kappa shape index (κ3) is 1.83. The normalized spacial score (nSPS) is 26.5. The summed E-state index contributed by atoms with van der Waals surface area (Å²) in [6.07, 6.45) is 5.27. The molecule has 0 bridgehead atoms. The molecule has 1 aromatic carbocycles. The first kappa shape index (κ1) is 11.7. The maximum atomic E-state index is 12.3. The highest BCUT2D eigenvalue weighted by Gasteiger charge is 2.47. The number of esters is 1. The summed E-state index contributed by atoms with van der Waals surface area (Å²) in [5, 5.41) is 3.54. The lowest BCUT2D eigenvalue weighted by atomic mass is 9.76. The van der Waals surface area contributed by atoms with E-state index in [1.807, 2.05) is 12.1 Å². The summed E-state index contributed by atoms with van der Waals surface area (Å²) in [5.74, 6) is -0.137. The number of ether oxygens (including phenoxy) is 1. The number of nitrogens with one attached hydrogen (secondary N) is 1. The maximum Gasteiger partial charge on any atom is 0.330 e. The van der Waals surface area contributed by atoms with Gasteiger partial charge in [-0.3, -0.25) is 5.32 Å². The largest absolute Gasteiger partial charge is 0.467 e. The van der Waals surface area contributed by atoms with Crippen LogP contribution in [0.5, 0.6) is 0 Å². The van der Waals surface area contributed by atoms with E-state index in [1.165, 1.54) is 25.5 Å².